The van der Waals surface area contributed by atoms with Crippen LogP contribution in [0.25, 0.3) is 0 Å². The largest absolute Gasteiger partial charge is 0.481 e. The highest BCUT2D eigenvalue weighted by molar-refractivity contribution is 5.82. The van der Waals surface area contributed by atoms with Crippen LogP contribution < -0.4 is 4.74 Å². The average Bonchev–Trinajstić information content (AvgIpc) is 3.46. The highest BCUT2D eigenvalue weighted by atomic mass is 19.1. The zero-order chi connectivity index (χ0) is 25.9. The van der Waals surface area contributed by atoms with Gasteiger partial charge in [0.1, 0.15) is 11.6 Å². The van der Waals surface area contributed by atoms with E-state index in [-0.39, 0.29) is 29.6 Å². The Kier molecular flexibility index (Phi) is 7.79. The van der Waals surface area contributed by atoms with Gasteiger partial charge in [-0.25, -0.2) is 4.39 Å². The molecule has 2 aromatic carbocycles. The highest BCUT2D eigenvalue weighted by Crippen LogP contribution is 2.40. The third-order valence-corrected chi connectivity index (χ3v) is 8.26. The van der Waals surface area contributed by atoms with E-state index >= 15 is 0 Å². The van der Waals surface area contributed by atoms with E-state index in [0.717, 1.165) is 61.9 Å². The van der Waals surface area contributed by atoms with Crippen molar-refractivity contribution in [2.24, 2.45) is 5.92 Å². The van der Waals surface area contributed by atoms with Crippen molar-refractivity contribution in [3.63, 3.8) is 0 Å². The summed E-state index contributed by atoms with van der Waals surface area (Å²) >= 11 is 0. The molecule has 7 heteroatoms. The lowest BCUT2D eigenvalue weighted by molar-refractivity contribution is -0.140. The van der Waals surface area contributed by atoms with Gasteiger partial charge < -0.3 is 19.4 Å². The van der Waals surface area contributed by atoms with E-state index in [1.54, 1.807) is 12.1 Å². The van der Waals surface area contributed by atoms with Gasteiger partial charge >= 0.3 is 0 Å². The van der Waals surface area contributed by atoms with Gasteiger partial charge in [-0.05, 0) is 73.7 Å². The normalized spacial score (nSPS) is 21.5. The van der Waals surface area contributed by atoms with Gasteiger partial charge in [0.05, 0.1) is 6.04 Å². The molecule has 198 valence electrons. The number of rotatable bonds is 6. The Morgan fingerprint density at radius 1 is 1.00 bits per heavy atom. The van der Waals surface area contributed by atoms with Crippen LogP contribution >= 0.6 is 0 Å². The number of fused-ring (bicyclic) bond motifs is 1. The van der Waals surface area contributed by atoms with E-state index in [4.69, 9.17) is 4.74 Å². The average molecular weight is 508 g/mol. The van der Waals surface area contributed by atoms with Gasteiger partial charge in [0, 0.05) is 38.6 Å². The van der Waals surface area contributed by atoms with E-state index in [1.165, 1.54) is 12.1 Å². The Morgan fingerprint density at radius 3 is 2.38 bits per heavy atom. The third kappa shape index (κ3) is 5.52. The lowest BCUT2D eigenvalue weighted by atomic mass is 9.87. The zero-order valence-corrected chi connectivity index (χ0v) is 22.0. The maximum absolute atomic E-state index is 13.8. The summed E-state index contributed by atoms with van der Waals surface area (Å²) in [5, 5.41) is 0. The number of carbonyl (C=O) groups is 2. The summed E-state index contributed by atoms with van der Waals surface area (Å²) < 4.78 is 20.1. The molecule has 3 aliphatic rings. The van der Waals surface area contributed by atoms with Crippen LogP contribution in [0.5, 0.6) is 5.75 Å². The monoisotopic (exact) mass is 507 g/mol. The molecule has 1 saturated heterocycles. The predicted molar refractivity (Wildman–Crippen MR) is 141 cm³/mol. The Hall–Kier alpha value is -2.93. The SMILES string of the molecule is CC[C@H](Oc1ccc2c(c1)[C@@H](c1ccc(F)cc1)N(C(=O)C1CCCC1)CC2)C(=O)N1CCN(C)CC1. The fourth-order valence-electron chi connectivity index (χ4n) is 6.02. The van der Waals surface area contributed by atoms with Crippen LogP contribution in [0.1, 0.15) is 61.8 Å². The first-order chi connectivity index (χ1) is 17.9. The number of piperazine rings is 1. The Morgan fingerprint density at radius 2 is 1.70 bits per heavy atom. The maximum Gasteiger partial charge on any atom is 0.263 e. The molecular formula is C30H38FN3O3. The Labute approximate surface area is 219 Å². The third-order valence-electron chi connectivity index (χ3n) is 8.26. The van der Waals surface area contributed by atoms with Crippen LogP contribution in [-0.2, 0) is 16.0 Å². The molecule has 6 nitrogen and oxygen atoms in total. The number of nitrogens with zero attached hydrogens (tertiary/aromatic N) is 3. The first kappa shape index (κ1) is 25.7. The minimum absolute atomic E-state index is 0.0291. The molecule has 0 unspecified atom stereocenters. The smallest absolute Gasteiger partial charge is 0.263 e. The number of benzene rings is 2. The second kappa shape index (κ2) is 11.2. The molecule has 0 spiro atoms. The van der Waals surface area contributed by atoms with Crippen molar-refractivity contribution in [1.82, 2.24) is 14.7 Å². The van der Waals surface area contributed by atoms with Gasteiger partial charge in [-0.2, -0.15) is 0 Å². The predicted octanol–water partition coefficient (Wildman–Crippen LogP) is 4.42. The van der Waals surface area contributed by atoms with Crippen LogP contribution in [0, 0.1) is 11.7 Å². The van der Waals surface area contributed by atoms with E-state index in [9.17, 15) is 14.0 Å². The number of halogens is 1. The summed E-state index contributed by atoms with van der Waals surface area (Å²) in [6.07, 6.45) is 4.87. The quantitative estimate of drug-likeness (QED) is 0.581. The van der Waals surface area contributed by atoms with Gasteiger partial charge in [-0.15, -0.1) is 0 Å². The molecule has 1 saturated carbocycles. The van der Waals surface area contributed by atoms with Crippen molar-refractivity contribution in [2.45, 2.75) is 57.6 Å². The van der Waals surface area contributed by atoms with Crippen molar-refractivity contribution in [3.05, 3.63) is 65.0 Å². The molecule has 0 radical (unpaired) electrons. The number of hydrogen-bond donors (Lipinski definition) is 0. The number of carbonyl (C=O) groups excluding carboxylic acids is 2. The fourth-order valence-corrected chi connectivity index (χ4v) is 6.02. The summed E-state index contributed by atoms with van der Waals surface area (Å²) in [4.78, 5) is 33.0. The standard InChI is InChI=1S/C30H38FN3O3/c1-3-27(30(36)33-18-16-32(2)17-19-33)37-25-13-10-21-14-15-34(29(35)23-6-4-5-7-23)28(26(21)20-25)22-8-11-24(31)12-9-22/h8-13,20,23,27-28H,3-7,14-19H2,1-2H3/t27-,28+/m0/s1. The zero-order valence-electron chi connectivity index (χ0n) is 22.0. The molecule has 1 aliphatic carbocycles. The number of likely N-dealkylation sites (N-methyl/N-ethyl adjacent to an activating group) is 1. The van der Waals surface area contributed by atoms with Crippen LogP contribution in [0.3, 0.4) is 0 Å². The fraction of sp³-hybridized carbons (Fsp3) is 0.533. The van der Waals surface area contributed by atoms with E-state index in [1.807, 2.05) is 28.9 Å². The van der Waals surface area contributed by atoms with Crippen LogP contribution in [0.15, 0.2) is 42.5 Å². The summed E-state index contributed by atoms with van der Waals surface area (Å²) in [6.45, 7) is 5.77. The first-order valence-electron chi connectivity index (χ1n) is 13.8. The Bertz CT molecular complexity index is 1110. The van der Waals surface area contributed by atoms with Gasteiger partial charge in [0.2, 0.25) is 5.91 Å². The molecule has 2 atom stereocenters. The summed E-state index contributed by atoms with van der Waals surface area (Å²) in [7, 11) is 2.07. The van der Waals surface area contributed by atoms with E-state index in [0.29, 0.717) is 31.8 Å². The topological polar surface area (TPSA) is 53.1 Å². The second-order valence-corrected chi connectivity index (χ2v) is 10.7. The number of amides is 2. The summed E-state index contributed by atoms with van der Waals surface area (Å²) in [5.74, 6) is 0.630. The van der Waals surface area contributed by atoms with E-state index in [2.05, 4.69) is 18.0 Å². The minimum atomic E-state index is -0.550. The molecular weight excluding hydrogens is 469 g/mol. The van der Waals surface area contributed by atoms with Gasteiger partial charge in [-0.3, -0.25) is 9.59 Å². The van der Waals surface area contributed by atoms with Crippen molar-refractivity contribution in [2.75, 3.05) is 39.8 Å². The van der Waals surface area contributed by atoms with Crippen LogP contribution in [0.4, 0.5) is 4.39 Å². The van der Waals surface area contributed by atoms with E-state index < -0.39 is 6.10 Å². The second-order valence-electron chi connectivity index (χ2n) is 10.7. The van der Waals surface area contributed by atoms with Crippen molar-refractivity contribution in [1.29, 1.82) is 0 Å². The van der Waals surface area contributed by atoms with Crippen LogP contribution in [-0.4, -0.2) is 72.4 Å². The number of hydrogen-bond acceptors (Lipinski definition) is 4. The summed E-state index contributed by atoms with van der Waals surface area (Å²) in [6, 6.07) is 12.2. The molecule has 2 heterocycles. The van der Waals surface area contributed by atoms with Gasteiger partial charge in [0.15, 0.2) is 6.10 Å². The highest BCUT2D eigenvalue weighted by Gasteiger charge is 2.37. The summed E-state index contributed by atoms with van der Waals surface area (Å²) in [5.41, 5.74) is 3.06. The molecule has 0 bridgehead atoms. The van der Waals surface area contributed by atoms with Gasteiger partial charge in [-0.1, -0.05) is 38.0 Å². The molecule has 2 amide bonds. The molecule has 5 rings (SSSR count). The lowest BCUT2D eigenvalue weighted by Gasteiger charge is -2.39. The van der Waals surface area contributed by atoms with Gasteiger partial charge in [0.25, 0.3) is 5.91 Å². The van der Waals surface area contributed by atoms with Crippen molar-refractivity contribution < 1.29 is 18.7 Å². The Balaban J connectivity index is 1.43. The van der Waals surface area contributed by atoms with Crippen molar-refractivity contribution in [3.8, 4) is 5.75 Å². The molecule has 37 heavy (non-hydrogen) atoms. The molecule has 2 aliphatic heterocycles. The molecule has 2 fully saturated rings. The lowest BCUT2D eigenvalue weighted by Crippen LogP contribution is -2.51. The molecule has 0 aromatic heterocycles. The first-order valence-corrected chi connectivity index (χ1v) is 13.8. The van der Waals surface area contributed by atoms with Crippen molar-refractivity contribution >= 4 is 11.8 Å². The minimum Gasteiger partial charge on any atom is -0.481 e. The molecule has 0 N–H and O–H groups in total. The molecule has 2 aromatic rings. The number of ether oxygens (including phenoxy) is 1. The van der Waals surface area contributed by atoms with Crippen LogP contribution in [0.2, 0.25) is 0 Å². The maximum atomic E-state index is 13.8.